The van der Waals surface area contributed by atoms with Gasteiger partial charge in [-0.15, -0.1) is 0 Å². The minimum Gasteiger partial charge on any atom is -0.379 e. The van der Waals surface area contributed by atoms with Crippen LogP contribution < -0.4 is 5.32 Å². The van der Waals surface area contributed by atoms with Crippen LogP contribution in [0.2, 0.25) is 0 Å². The van der Waals surface area contributed by atoms with E-state index in [-0.39, 0.29) is 6.61 Å². The number of hydrogen-bond acceptors (Lipinski definition) is 4. The Morgan fingerprint density at radius 2 is 1.43 bits per heavy atom. The Morgan fingerprint density at radius 1 is 0.952 bits per heavy atom. The maximum absolute atomic E-state index is 9.85. The molecular weight excluding hydrogens is 266 g/mol. The zero-order valence-electron chi connectivity index (χ0n) is 14.4. The van der Waals surface area contributed by atoms with Crippen LogP contribution in [0, 0.1) is 0 Å². The summed E-state index contributed by atoms with van der Waals surface area (Å²) in [5.41, 5.74) is -1.16. The second-order valence-electron chi connectivity index (χ2n) is 6.33. The lowest BCUT2D eigenvalue weighted by Gasteiger charge is -2.26. The highest BCUT2D eigenvalue weighted by atomic mass is 16.5. The first-order valence-electron chi connectivity index (χ1n) is 8.74. The largest absolute Gasteiger partial charge is 0.379 e. The Kier molecular flexibility index (Phi) is 13.4. The number of aliphatic hydroxyl groups is 2. The molecular formula is C17H37NO3. The average molecular weight is 303 g/mol. The first-order valence-corrected chi connectivity index (χ1v) is 8.74. The van der Waals surface area contributed by atoms with Gasteiger partial charge in [0, 0.05) is 6.61 Å². The molecule has 0 rings (SSSR count). The molecule has 0 heterocycles. The fourth-order valence-corrected chi connectivity index (χ4v) is 2.45. The van der Waals surface area contributed by atoms with Gasteiger partial charge in [0.2, 0.25) is 0 Å². The second-order valence-corrected chi connectivity index (χ2v) is 6.33. The molecule has 0 aromatic rings. The van der Waals surface area contributed by atoms with Gasteiger partial charge in [-0.1, -0.05) is 64.7 Å². The van der Waals surface area contributed by atoms with Crippen LogP contribution in [0.25, 0.3) is 0 Å². The molecule has 0 aliphatic heterocycles. The summed E-state index contributed by atoms with van der Waals surface area (Å²) in [4.78, 5) is 0. The molecule has 128 valence electrons. The zero-order valence-corrected chi connectivity index (χ0v) is 14.4. The van der Waals surface area contributed by atoms with E-state index in [0.29, 0.717) is 6.61 Å². The van der Waals surface area contributed by atoms with Crippen molar-refractivity contribution in [3.05, 3.63) is 0 Å². The van der Waals surface area contributed by atoms with E-state index in [9.17, 15) is 5.11 Å². The molecule has 0 aliphatic carbocycles. The molecule has 0 aliphatic rings. The molecule has 21 heavy (non-hydrogen) atoms. The second kappa shape index (κ2) is 13.5. The molecule has 0 spiro atoms. The standard InChI is InChI=1S/C17H37NO3/c1-4-5-6-7-8-9-10-11-12-13-14-21-15-17(3,20)18-16(2)19/h16,18-20H,4-15H2,1-3H3. The fourth-order valence-electron chi connectivity index (χ4n) is 2.45. The van der Waals surface area contributed by atoms with Crippen molar-refractivity contribution in [2.45, 2.75) is 96.9 Å². The van der Waals surface area contributed by atoms with E-state index in [1.54, 1.807) is 13.8 Å². The Labute approximate surface area is 131 Å². The van der Waals surface area contributed by atoms with Gasteiger partial charge in [0.1, 0.15) is 12.0 Å². The van der Waals surface area contributed by atoms with Gasteiger partial charge in [-0.3, -0.25) is 5.32 Å². The summed E-state index contributed by atoms with van der Waals surface area (Å²) in [6.45, 7) is 6.32. The molecule has 0 radical (unpaired) electrons. The van der Waals surface area contributed by atoms with E-state index >= 15 is 0 Å². The van der Waals surface area contributed by atoms with E-state index in [1.165, 1.54) is 57.8 Å². The molecule has 0 amide bonds. The van der Waals surface area contributed by atoms with Crippen LogP contribution in [-0.4, -0.2) is 35.4 Å². The van der Waals surface area contributed by atoms with Crippen molar-refractivity contribution in [3.63, 3.8) is 0 Å². The average Bonchev–Trinajstić information content (AvgIpc) is 2.38. The van der Waals surface area contributed by atoms with Crippen LogP contribution in [0.3, 0.4) is 0 Å². The van der Waals surface area contributed by atoms with Gasteiger partial charge in [0.25, 0.3) is 0 Å². The van der Waals surface area contributed by atoms with Gasteiger partial charge in [-0.2, -0.15) is 0 Å². The van der Waals surface area contributed by atoms with Crippen LogP contribution >= 0.6 is 0 Å². The lowest BCUT2D eigenvalue weighted by molar-refractivity contribution is -0.0840. The van der Waals surface area contributed by atoms with E-state index < -0.39 is 12.0 Å². The summed E-state index contributed by atoms with van der Waals surface area (Å²) < 4.78 is 5.45. The molecule has 4 heteroatoms. The monoisotopic (exact) mass is 303 g/mol. The Balaban J connectivity index is 3.22. The predicted molar refractivity (Wildman–Crippen MR) is 88.1 cm³/mol. The summed E-state index contributed by atoms with van der Waals surface area (Å²) in [5.74, 6) is 0. The number of rotatable bonds is 15. The molecule has 0 saturated carbocycles. The Hall–Kier alpha value is -0.160. The summed E-state index contributed by atoms with van der Waals surface area (Å²) >= 11 is 0. The van der Waals surface area contributed by atoms with Crippen molar-refractivity contribution in [3.8, 4) is 0 Å². The van der Waals surface area contributed by atoms with E-state index in [2.05, 4.69) is 12.2 Å². The molecule has 0 aromatic heterocycles. The maximum Gasteiger partial charge on any atom is 0.138 e. The molecule has 0 fully saturated rings. The van der Waals surface area contributed by atoms with Crippen molar-refractivity contribution in [2.24, 2.45) is 0 Å². The molecule has 2 unspecified atom stereocenters. The molecule has 0 saturated heterocycles. The van der Waals surface area contributed by atoms with Gasteiger partial charge in [0.15, 0.2) is 0 Å². The lowest BCUT2D eigenvalue weighted by atomic mass is 10.1. The first-order chi connectivity index (χ1) is 9.98. The van der Waals surface area contributed by atoms with Gasteiger partial charge >= 0.3 is 0 Å². The van der Waals surface area contributed by atoms with Gasteiger partial charge < -0.3 is 14.9 Å². The highest BCUT2D eigenvalue weighted by Gasteiger charge is 2.21. The quantitative estimate of drug-likeness (QED) is 0.320. The third kappa shape index (κ3) is 16.0. The van der Waals surface area contributed by atoms with Crippen LogP contribution in [0.15, 0.2) is 0 Å². The highest BCUT2D eigenvalue weighted by molar-refractivity contribution is 4.68. The summed E-state index contributed by atoms with van der Waals surface area (Å²) in [6.07, 6.45) is 12.3. The van der Waals surface area contributed by atoms with Crippen LogP contribution in [0.1, 0.15) is 85.0 Å². The zero-order chi connectivity index (χ0) is 16.0. The van der Waals surface area contributed by atoms with Gasteiger partial charge in [-0.05, 0) is 20.3 Å². The number of nitrogens with one attached hydrogen (secondary N) is 1. The molecule has 3 N–H and O–H groups in total. The number of unbranched alkanes of at least 4 members (excludes halogenated alkanes) is 9. The topological polar surface area (TPSA) is 61.7 Å². The van der Waals surface area contributed by atoms with Crippen molar-refractivity contribution < 1.29 is 14.9 Å². The first kappa shape index (κ1) is 20.8. The minimum atomic E-state index is -1.16. The lowest BCUT2D eigenvalue weighted by Crippen LogP contribution is -2.50. The Bertz CT molecular complexity index is 220. The van der Waals surface area contributed by atoms with Crippen LogP contribution in [0.4, 0.5) is 0 Å². The van der Waals surface area contributed by atoms with Crippen molar-refractivity contribution in [2.75, 3.05) is 13.2 Å². The summed E-state index contributed by atoms with van der Waals surface area (Å²) in [7, 11) is 0. The van der Waals surface area contributed by atoms with E-state index in [4.69, 9.17) is 9.84 Å². The van der Waals surface area contributed by atoms with E-state index in [0.717, 1.165) is 6.42 Å². The van der Waals surface area contributed by atoms with Crippen LogP contribution in [0.5, 0.6) is 0 Å². The minimum absolute atomic E-state index is 0.204. The smallest absolute Gasteiger partial charge is 0.138 e. The SMILES string of the molecule is CCCCCCCCCCCCOCC(C)(O)NC(C)O. The van der Waals surface area contributed by atoms with E-state index in [1.807, 2.05) is 0 Å². The van der Waals surface area contributed by atoms with Gasteiger partial charge in [-0.25, -0.2) is 0 Å². The summed E-state index contributed by atoms with van der Waals surface area (Å²) in [5, 5.41) is 21.6. The van der Waals surface area contributed by atoms with Crippen molar-refractivity contribution in [1.29, 1.82) is 0 Å². The molecule has 4 nitrogen and oxygen atoms in total. The Morgan fingerprint density at radius 3 is 1.90 bits per heavy atom. The molecule has 2 atom stereocenters. The highest BCUT2D eigenvalue weighted by Crippen LogP contribution is 2.10. The van der Waals surface area contributed by atoms with Gasteiger partial charge in [0.05, 0.1) is 6.61 Å². The van der Waals surface area contributed by atoms with Crippen molar-refractivity contribution >= 4 is 0 Å². The number of aliphatic hydroxyl groups excluding tert-OH is 1. The van der Waals surface area contributed by atoms with Crippen LogP contribution in [-0.2, 0) is 4.74 Å². The number of hydrogen-bond donors (Lipinski definition) is 3. The normalized spacial score (nSPS) is 15.9. The van der Waals surface area contributed by atoms with Crippen molar-refractivity contribution in [1.82, 2.24) is 5.32 Å². The maximum atomic E-state index is 9.85. The predicted octanol–water partition coefficient (Wildman–Crippen LogP) is 3.56. The number of ether oxygens (including phenoxy) is 1. The fraction of sp³-hybridized carbons (Fsp3) is 1.00. The molecule has 0 aromatic carbocycles. The summed E-state index contributed by atoms with van der Waals surface area (Å²) in [6, 6.07) is 0. The third-order valence-electron chi connectivity index (χ3n) is 3.55. The third-order valence-corrected chi connectivity index (χ3v) is 3.55. The molecule has 0 bridgehead atoms.